The number of methoxy groups -OCH3 is 1. The molecular weight excluding hydrogens is 511 g/mol. The van der Waals surface area contributed by atoms with Gasteiger partial charge in [0, 0.05) is 55.5 Å². The monoisotopic (exact) mass is 541 g/mol. The standard InChI is InChI=1S/C27H30F3N7O2/c1-4-24(38)32-18-7-6-8-19(15-18)33-25-21(27(28,29)30)17-31-26(35-25)34-20-9-10-22(23(16-20)39-3)37-13-11-36(5-2)12-14-37/h4,6-10,15-17H,1,5,11-14H2,2-3H3,(H,32,38)(H2,31,33,34,35). The van der Waals surface area contributed by atoms with Crippen molar-refractivity contribution in [2.75, 3.05) is 60.7 Å². The summed E-state index contributed by atoms with van der Waals surface area (Å²) in [6, 6.07) is 11.7. The highest BCUT2D eigenvalue weighted by Gasteiger charge is 2.35. The molecule has 12 heteroatoms. The average molecular weight is 542 g/mol. The maximum absolute atomic E-state index is 13.7. The van der Waals surface area contributed by atoms with Crippen molar-refractivity contribution in [1.29, 1.82) is 0 Å². The van der Waals surface area contributed by atoms with Gasteiger partial charge in [-0.25, -0.2) is 4.98 Å². The predicted octanol–water partition coefficient (Wildman–Crippen LogP) is 5.26. The number of benzene rings is 2. The van der Waals surface area contributed by atoms with Crippen LogP contribution in [0, 0.1) is 0 Å². The van der Waals surface area contributed by atoms with Gasteiger partial charge in [-0.05, 0) is 43.0 Å². The van der Waals surface area contributed by atoms with Crippen LogP contribution in [0.5, 0.6) is 5.75 Å². The summed E-state index contributed by atoms with van der Waals surface area (Å²) in [5.74, 6) is -0.285. The van der Waals surface area contributed by atoms with Crippen molar-refractivity contribution < 1.29 is 22.7 Å². The number of nitrogens with one attached hydrogen (secondary N) is 3. The molecule has 1 aromatic heterocycles. The van der Waals surface area contributed by atoms with E-state index in [2.05, 4.69) is 49.2 Å². The molecule has 0 atom stereocenters. The Balaban J connectivity index is 1.57. The molecule has 0 saturated carbocycles. The molecule has 0 radical (unpaired) electrons. The van der Waals surface area contributed by atoms with Crippen LogP contribution in [-0.4, -0.2) is 60.6 Å². The summed E-state index contributed by atoms with van der Waals surface area (Å²) in [5.41, 5.74) is 1.14. The number of anilines is 6. The second kappa shape index (κ2) is 12.0. The molecule has 2 heterocycles. The molecule has 206 valence electrons. The van der Waals surface area contributed by atoms with E-state index in [-0.39, 0.29) is 5.95 Å². The van der Waals surface area contributed by atoms with Gasteiger partial charge in [0.1, 0.15) is 17.1 Å². The summed E-state index contributed by atoms with van der Waals surface area (Å²) in [6.07, 6.45) is -2.87. The normalized spacial score (nSPS) is 14.0. The minimum Gasteiger partial charge on any atom is -0.495 e. The highest BCUT2D eigenvalue weighted by molar-refractivity contribution is 5.99. The number of halogens is 3. The highest BCUT2D eigenvalue weighted by atomic mass is 19.4. The van der Waals surface area contributed by atoms with Gasteiger partial charge in [0.25, 0.3) is 0 Å². The van der Waals surface area contributed by atoms with E-state index in [1.807, 2.05) is 12.1 Å². The molecule has 1 aliphatic heterocycles. The number of likely N-dealkylation sites (N-methyl/N-ethyl adjacent to an activating group) is 1. The van der Waals surface area contributed by atoms with Crippen molar-refractivity contribution in [3.63, 3.8) is 0 Å². The molecule has 0 spiro atoms. The molecule has 0 aliphatic carbocycles. The highest BCUT2D eigenvalue weighted by Crippen LogP contribution is 2.37. The molecule has 3 N–H and O–H groups in total. The van der Waals surface area contributed by atoms with Crippen LogP contribution < -0.4 is 25.6 Å². The quantitative estimate of drug-likeness (QED) is 0.316. The maximum atomic E-state index is 13.7. The van der Waals surface area contributed by atoms with Crippen molar-refractivity contribution in [2.45, 2.75) is 13.1 Å². The fourth-order valence-corrected chi connectivity index (χ4v) is 4.20. The smallest absolute Gasteiger partial charge is 0.421 e. The Morgan fingerprint density at radius 2 is 1.79 bits per heavy atom. The number of hydrogen-bond acceptors (Lipinski definition) is 8. The Labute approximate surface area is 224 Å². The lowest BCUT2D eigenvalue weighted by molar-refractivity contribution is -0.137. The summed E-state index contributed by atoms with van der Waals surface area (Å²) in [5, 5.41) is 8.24. The fourth-order valence-electron chi connectivity index (χ4n) is 4.20. The minimum atomic E-state index is -4.69. The van der Waals surface area contributed by atoms with E-state index < -0.39 is 23.5 Å². The predicted molar refractivity (Wildman–Crippen MR) is 146 cm³/mol. The number of rotatable bonds is 9. The van der Waals surface area contributed by atoms with Crippen LogP contribution in [0.1, 0.15) is 12.5 Å². The molecule has 1 saturated heterocycles. The van der Waals surface area contributed by atoms with Crippen LogP contribution in [0.3, 0.4) is 0 Å². The number of hydrogen-bond donors (Lipinski definition) is 3. The number of carbonyl (C=O) groups is 1. The van der Waals surface area contributed by atoms with E-state index in [9.17, 15) is 18.0 Å². The van der Waals surface area contributed by atoms with E-state index in [1.165, 1.54) is 6.07 Å². The van der Waals surface area contributed by atoms with Gasteiger partial charge >= 0.3 is 6.18 Å². The lowest BCUT2D eigenvalue weighted by Gasteiger charge is -2.36. The molecule has 1 aliphatic rings. The largest absolute Gasteiger partial charge is 0.495 e. The molecule has 1 amide bonds. The number of carbonyl (C=O) groups excluding carboxylic acids is 1. The fraction of sp³-hybridized carbons (Fsp3) is 0.296. The van der Waals surface area contributed by atoms with E-state index >= 15 is 0 Å². The van der Waals surface area contributed by atoms with Gasteiger partial charge in [-0.1, -0.05) is 19.6 Å². The average Bonchev–Trinajstić information content (AvgIpc) is 2.92. The molecular formula is C27H30F3N7O2. The Hall–Kier alpha value is -4.32. The zero-order chi connectivity index (χ0) is 28.0. The zero-order valence-electron chi connectivity index (χ0n) is 21.7. The number of ether oxygens (including phenoxy) is 1. The maximum Gasteiger partial charge on any atom is 0.421 e. The second-order valence-electron chi connectivity index (χ2n) is 8.79. The number of amides is 1. The molecule has 9 nitrogen and oxygen atoms in total. The number of nitrogens with zero attached hydrogens (tertiary/aromatic N) is 4. The first-order chi connectivity index (χ1) is 18.7. The Bertz CT molecular complexity index is 1320. The van der Waals surface area contributed by atoms with Crippen molar-refractivity contribution in [3.8, 4) is 5.75 Å². The molecule has 0 bridgehead atoms. The number of piperazine rings is 1. The topological polar surface area (TPSA) is 94.6 Å². The first kappa shape index (κ1) is 27.7. The van der Waals surface area contributed by atoms with Crippen molar-refractivity contribution in [2.24, 2.45) is 0 Å². The molecule has 3 aromatic rings. The molecule has 0 unspecified atom stereocenters. The van der Waals surface area contributed by atoms with Crippen LogP contribution in [0.15, 0.2) is 61.3 Å². The van der Waals surface area contributed by atoms with Crippen LogP contribution in [0.25, 0.3) is 0 Å². The first-order valence-electron chi connectivity index (χ1n) is 12.4. The molecule has 2 aromatic carbocycles. The van der Waals surface area contributed by atoms with Crippen LogP contribution in [0.4, 0.5) is 47.7 Å². The van der Waals surface area contributed by atoms with Gasteiger partial charge in [-0.15, -0.1) is 0 Å². The van der Waals surface area contributed by atoms with Crippen LogP contribution in [-0.2, 0) is 11.0 Å². The lowest BCUT2D eigenvalue weighted by Crippen LogP contribution is -2.46. The number of aromatic nitrogens is 2. The van der Waals surface area contributed by atoms with E-state index in [1.54, 1.807) is 31.4 Å². The van der Waals surface area contributed by atoms with E-state index in [4.69, 9.17) is 4.74 Å². The summed E-state index contributed by atoms with van der Waals surface area (Å²) >= 11 is 0. The summed E-state index contributed by atoms with van der Waals surface area (Å²) in [4.78, 5) is 24.2. The summed E-state index contributed by atoms with van der Waals surface area (Å²) < 4.78 is 46.8. The Kier molecular flexibility index (Phi) is 8.55. The van der Waals surface area contributed by atoms with E-state index in [0.29, 0.717) is 22.8 Å². The lowest BCUT2D eigenvalue weighted by atomic mass is 10.2. The van der Waals surface area contributed by atoms with Gasteiger partial charge in [-0.2, -0.15) is 18.2 Å². The van der Waals surface area contributed by atoms with Gasteiger partial charge in [0.15, 0.2) is 0 Å². The van der Waals surface area contributed by atoms with Crippen LogP contribution >= 0.6 is 0 Å². The van der Waals surface area contributed by atoms with Gasteiger partial charge < -0.3 is 30.5 Å². The van der Waals surface area contributed by atoms with Gasteiger partial charge in [0.2, 0.25) is 11.9 Å². The molecule has 1 fully saturated rings. The van der Waals surface area contributed by atoms with E-state index in [0.717, 1.165) is 50.7 Å². The third kappa shape index (κ3) is 6.96. The third-order valence-electron chi connectivity index (χ3n) is 6.27. The second-order valence-corrected chi connectivity index (χ2v) is 8.79. The first-order valence-corrected chi connectivity index (χ1v) is 12.4. The third-order valence-corrected chi connectivity index (χ3v) is 6.27. The van der Waals surface area contributed by atoms with Gasteiger partial charge in [0.05, 0.1) is 12.8 Å². The Morgan fingerprint density at radius 3 is 2.46 bits per heavy atom. The van der Waals surface area contributed by atoms with Crippen molar-refractivity contribution >= 4 is 40.4 Å². The molecule has 4 rings (SSSR count). The Morgan fingerprint density at radius 1 is 1.08 bits per heavy atom. The van der Waals surface area contributed by atoms with Crippen molar-refractivity contribution in [3.05, 3.63) is 66.9 Å². The number of alkyl halides is 3. The summed E-state index contributed by atoms with van der Waals surface area (Å²) in [6.45, 7) is 10.2. The van der Waals surface area contributed by atoms with Gasteiger partial charge in [-0.3, -0.25) is 4.79 Å². The molecule has 39 heavy (non-hydrogen) atoms. The van der Waals surface area contributed by atoms with Crippen LogP contribution in [0.2, 0.25) is 0 Å². The minimum absolute atomic E-state index is 0.0343. The van der Waals surface area contributed by atoms with Crippen molar-refractivity contribution in [1.82, 2.24) is 14.9 Å². The SMILES string of the molecule is C=CC(=O)Nc1cccc(Nc2nc(Nc3ccc(N4CCN(CC)CC4)c(OC)c3)ncc2C(F)(F)F)c1. The summed E-state index contributed by atoms with van der Waals surface area (Å²) in [7, 11) is 1.58. The zero-order valence-corrected chi connectivity index (χ0v) is 21.7.